The van der Waals surface area contributed by atoms with Gasteiger partial charge < -0.3 is 14.3 Å². The molecule has 0 radical (unpaired) electrons. The third-order valence-electron chi connectivity index (χ3n) is 4.67. The predicted octanol–water partition coefficient (Wildman–Crippen LogP) is 3.05. The molecule has 0 amide bonds. The number of fused-ring (bicyclic) bond motifs is 2. The number of nitrogens with zero attached hydrogens (tertiary/aromatic N) is 5. The third-order valence-corrected chi connectivity index (χ3v) is 4.67. The Morgan fingerprint density at radius 3 is 2.96 bits per heavy atom. The van der Waals surface area contributed by atoms with E-state index in [2.05, 4.69) is 48.8 Å². The Kier molecular flexibility index (Phi) is 2.85. The highest BCUT2D eigenvalue weighted by atomic mass is 15.1. The Morgan fingerprint density at radius 2 is 2.12 bits per heavy atom. The number of hydrogen-bond acceptors (Lipinski definition) is 4. The predicted molar refractivity (Wildman–Crippen MR) is 93.3 cm³/mol. The fourth-order valence-corrected chi connectivity index (χ4v) is 3.19. The quantitative estimate of drug-likeness (QED) is 0.628. The number of rotatable bonds is 4. The SMILES string of the molecule is CNc1cc2c(cn1)ncn2Cc1cn2cc(C3CC3)ccc2n1. The molecule has 0 spiro atoms. The van der Waals surface area contributed by atoms with Crippen LogP contribution in [0.4, 0.5) is 5.82 Å². The molecule has 1 N–H and O–H groups in total. The zero-order chi connectivity index (χ0) is 16.1. The lowest BCUT2D eigenvalue weighted by atomic mass is 10.2. The van der Waals surface area contributed by atoms with Gasteiger partial charge in [-0.1, -0.05) is 6.07 Å². The molecular formula is C18H18N6. The van der Waals surface area contributed by atoms with Gasteiger partial charge in [0, 0.05) is 25.5 Å². The van der Waals surface area contributed by atoms with Gasteiger partial charge in [-0.2, -0.15) is 0 Å². The smallest absolute Gasteiger partial charge is 0.137 e. The monoisotopic (exact) mass is 318 g/mol. The van der Waals surface area contributed by atoms with Gasteiger partial charge in [-0.3, -0.25) is 0 Å². The summed E-state index contributed by atoms with van der Waals surface area (Å²) in [5.74, 6) is 1.60. The van der Waals surface area contributed by atoms with E-state index in [1.807, 2.05) is 19.4 Å². The Morgan fingerprint density at radius 1 is 1.21 bits per heavy atom. The molecule has 1 aliphatic rings. The van der Waals surface area contributed by atoms with Gasteiger partial charge in [0.15, 0.2) is 0 Å². The first-order valence-electron chi connectivity index (χ1n) is 8.26. The number of aromatic nitrogens is 5. The second kappa shape index (κ2) is 5.06. The molecule has 1 aliphatic carbocycles. The summed E-state index contributed by atoms with van der Waals surface area (Å²) in [4.78, 5) is 13.5. The van der Waals surface area contributed by atoms with Crippen LogP contribution in [-0.2, 0) is 6.54 Å². The molecule has 6 heteroatoms. The molecule has 4 aromatic heterocycles. The second-order valence-corrected chi connectivity index (χ2v) is 6.42. The van der Waals surface area contributed by atoms with Crippen molar-refractivity contribution in [3.8, 4) is 0 Å². The van der Waals surface area contributed by atoms with Crippen molar-refractivity contribution in [2.45, 2.75) is 25.3 Å². The van der Waals surface area contributed by atoms with Crippen LogP contribution < -0.4 is 5.32 Å². The van der Waals surface area contributed by atoms with Crippen molar-refractivity contribution >= 4 is 22.5 Å². The van der Waals surface area contributed by atoms with E-state index in [-0.39, 0.29) is 0 Å². The minimum absolute atomic E-state index is 0.699. The zero-order valence-electron chi connectivity index (χ0n) is 13.5. The maximum Gasteiger partial charge on any atom is 0.137 e. The molecule has 0 atom stereocenters. The van der Waals surface area contributed by atoms with Gasteiger partial charge in [0.2, 0.25) is 0 Å². The summed E-state index contributed by atoms with van der Waals surface area (Å²) in [6, 6.07) is 6.34. The molecule has 24 heavy (non-hydrogen) atoms. The average molecular weight is 318 g/mol. The fourth-order valence-electron chi connectivity index (χ4n) is 3.19. The third kappa shape index (κ3) is 2.22. The Labute approximate surface area is 139 Å². The standard InChI is InChI=1S/C18H18N6/c1-19-17-6-16-15(7-20-17)21-11-24(16)10-14-9-23-8-13(12-2-3-12)4-5-18(23)22-14/h4-9,11-12H,2-3,10H2,1H3,(H,19,20). The molecular weight excluding hydrogens is 300 g/mol. The van der Waals surface area contributed by atoms with Gasteiger partial charge in [0.05, 0.1) is 30.3 Å². The van der Waals surface area contributed by atoms with Crippen LogP contribution >= 0.6 is 0 Å². The lowest BCUT2D eigenvalue weighted by molar-refractivity contribution is 0.804. The molecule has 4 heterocycles. The minimum atomic E-state index is 0.699. The van der Waals surface area contributed by atoms with E-state index in [9.17, 15) is 0 Å². The van der Waals surface area contributed by atoms with Crippen molar-refractivity contribution in [1.29, 1.82) is 0 Å². The first-order chi connectivity index (χ1) is 11.8. The fraction of sp³-hybridized carbons (Fsp3) is 0.278. The number of imidazole rings is 2. The Bertz CT molecular complexity index is 1040. The van der Waals surface area contributed by atoms with Gasteiger partial charge in [-0.15, -0.1) is 0 Å². The van der Waals surface area contributed by atoms with Gasteiger partial charge in [0.25, 0.3) is 0 Å². The van der Waals surface area contributed by atoms with Gasteiger partial charge >= 0.3 is 0 Å². The highest BCUT2D eigenvalue weighted by Gasteiger charge is 2.23. The second-order valence-electron chi connectivity index (χ2n) is 6.42. The molecule has 1 fully saturated rings. The normalized spacial score (nSPS) is 14.5. The summed E-state index contributed by atoms with van der Waals surface area (Å²) in [5, 5.41) is 3.07. The summed E-state index contributed by atoms with van der Waals surface area (Å²) in [7, 11) is 1.87. The number of anilines is 1. The Balaban J connectivity index is 1.51. The molecule has 0 aliphatic heterocycles. The van der Waals surface area contributed by atoms with E-state index in [1.54, 1.807) is 6.20 Å². The molecule has 1 saturated carbocycles. The van der Waals surface area contributed by atoms with Crippen molar-refractivity contribution in [2.24, 2.45) is 0 Å². The lowest BCUT2D eigenvalue weighted by Crippen LogP contribution is -1.99. The van der Waals surface area contributed by atoms with Gasteiger partial charge in [-0.25, -0.2) is 15.0 Å². The molecule has 0 bridgehead atoms. The summed E-state index contributed by atoms with van der Waals surface area (Å²) < 4.78 is 4.25. The number of hydrogen-bond donors (Lipinski definition) is 1. The van der Waals surface area contributed by atoms with E-state index >= 15 is 0 Å². The topological polar surface area (TPSA) is 60.0 Å². The molecule has 0 saturated heterocycles. The van der Waals surface area contributed by atoms with Crippen molar-refractivity contribution < 1.29 is 0 Å². The van der Waals surface area contributed by atoms with E-state index in [0.29, 0.717) is 6.54 Å². The molecule has 0 aromatic carbocycles. The van der Waals surface area contributed by atoms with Crippen molar-refractivity contribution in [3.05, 3.63) is 54.4 Å². The van der Waals surface area contributed by atoms with Crippen LogP contribution in [0.2, 0.25) is 0 Å². The lowest BCUT2D eigenvalue weighted by Gasteiger charge is -2.03. The molecule has 4 aromatic rings. The maximum absolute atomic E-state index is 4.74. The maximum atomic E-state index is 4.74. The highest BCUT2D eigenvalue weighted by Crippen LogP contribution is 2.39. The first-order valence-corrected chi connectivity index (χ1v) is 8.26. The molecule has 5 rings (SSSR count). The van der Waals surface area contributed by atoms with Crippen molar-refractivity contribution in [2.75, 3.05) is 12.4 Å². The Hall–Kier alpha value is -2.89. The summed E-state index contributed by atoms with van der Waals surface area (Å²) in [5.41, 5.74) is 5.41. The molecule has 120 valence electrons. The van der Waals surface area contributed by atoms with E-state index in [0.717, 1.165) is 34.1 Å². The summed E-state index contributed by atoms with van der Waals surface area (Å²) >= 11 is 0. The summed E-state index contributed by atoms with van der Waals surface area (Å²) in [6.45, 7) is 0.699. The van der Waals surface area contributed by atoms with Gasteiger partial charge in [-0.05, 0) is 30.4 Å². The van der Waals surface area contributed by atoms with Crippen molar-refractivity contribution in [3.63, 3.8) is 0 Å². The van der Waals surface area contributed by atoms with Crippen LogP contribution in [-0.4, -0.2) is 31.0 Å². The van der Waals surface area contributed by atoms with Crippen molar-refractivity contribution in [1.82, 2.24) is 23.9 Å². The number of nitrogens with one attached hydrogen (secondary N) is 1. The average Bonchev–Trinajstić information content (AvgIpc) is 3.27. The van der Waals surface area contributed by atoms with Crippen LogP contribution in [0.3, 0.4) is 0 Å². The minimum Gasteiger partial charge on any atom is -0.373 e. The van der Waals surface area contributed by atoms with Crippen LogP contribution in [0.1, 0.15) is 30.0 Å². The van der Waals surface area contributed by atoms with E-state index < -0.39 is 0 Å². The van der Waals surface area contributed by atoms with Crippen LogP contribution in [0.5, 0.6) is 0 Å². The summed E-state index contributed by atoms with van der Waals surface area (Å²) in [6.07, 6.45) is 10.6. The number of pyridine rings is 2. The molecule has 6 nitrogen and oxygen atoms in total. The van der Waals surface area contributed by atoms with E-state index in [4.69, 9.17) is 4.98 Å². The molecule has 0 unspecified atom stereocenters. The van der Waals surface area contributed by atoms with E-state index in [1.165, 1.54) is 18.4 Å². The van der Waals surface area contributed by atoms with Gasteiger partial charge in [0.1, 0.15) is 17.0 Å². The first kappa shape index (κ1) is 13.5. The largest absolute Gasteiger partial charge is 0.373 e. The zero-order valence-corrected chi connectivity index (χ0v) is 13.5. The highest BCUT2D eigenvalue weighted by molar-refractivity contribution is 5.77. The van der Waals surface area contributed by atoms with Crippen LogP contribution in [0, 0.1) is 0 Å². The van der Waals surface area contributed by atoms with Crippen LogP contribution in [0.25, 0.3) is 16.7 Å². The van der Waals surface area contributed by atoms with Crippen LogP contribution in [0.15, 0.2) is 43.1 Å².